The molecule has 0 spiro atoms. The standard InChI is InChI=1S/C15H25N5/c1-4-15(5-2)6-8-20(9-7-15)14-18-11(3)10-12(19-14)13(16)17/h10H,4-9H2,1-3H3,(H3,16,17). The summed E-state index contributed by atoms with van der Waals surface area (Å²) in [6.07, 6.45) is 4.86. The third kappa shape index (κ3) is 2.92. The van der Waals surface area contributed by atoms with Crippen LogP contribution in [0.4, 0.5) is 5.95 Å². The maximum absolute atomic E-state index is 7.53. The van der Waals surface area contributed by atoms with Gasteiger partial charge in [-0.15, -0.1) is 0 Å². The molecule has 0 radical (unpaired) electrons. The average Bonchev–Trinajstić information content (AvgIpc) is 2.46. The zero-order valence-electron chi connectivity index (χ0n) is 12.7. The van der Waals surface area contributed by atoms with E-state index in [1.807, 2.05) is 6.92 Å². The van der Waals surface area contributed by atoms with Crippen LogP contribution in [0.5, 0.6) is 0 Å². The number of amidine groups is 1. The molecule has 1 aromatic rings. The number of piperidine rings is 1. The number of hydrogen-bond acceptors (Lipinski definition) is 4. The largest absolute Gasteiger partial charge is 0.382 e. The Balaban J connectivity index is 2.16. The Bertz CT molecular complexity index is 483. The highest BCUT2D eigenvalue weighted by atomic mass is 15.3. The van der Waals surface area contributed by atoms with Crippen molar-refractivity contribution in [3.8, 4) is 0 Å². The van der Waals surface area contributed by atoms with E-state index in [0.29, 0.717) is 11.1 Å². The zero-order valence-corrected chi connectivity index (χ0v) is 12.7. The zero-order chi connectivity index (χ0) is 14.8. The Labute approximate surface area is 121 Å². The highest BCUT2D eigenvalue weighted by molar-refractivity contribution is 5.93. The topological polar surface area (TPSA) is 78.9 Å². The van der Waals surface area contributed by atoms with Gasteiger partial charge in [-0.2, -0.15) is 0 Å². The Kier molecular flexibility index (Phi) is 4.26. The molecular weight excluding hydrogens is 250 g/mol. The first-order valence-corrected chi connectivity index (χ1v) is 7.44. The van der Waals surface area contributed by atoms with Crippen molar-refractivity contribution in [3.05, 3.63) is 17.5 Å². The quantitative estimate of drug-likeness (QED) is 0.653. The van der Waals surface area contributed by atoms with E-state index in [-0.39, 0.29) is 5.84 Å². The van der Waals surface area contributed by atoms with Gasteiger partial charge in [-0.05, 0) is 31.2 Å². The summed E-state index contributed by atoms with van der Waals surface area (Å²) in [5.41, 5.74) is 7.42. The van der Waals surface area contributed by atoms with Crippen LogP contribution in [0.25, 0.3) is 0 Å². The van der Waals surface area contributed by atoms with E-state index in [9.17, 15) is 0 Å². The van der Waals surface area contributed by atoms with Gasteiger partial charge in [0.2, 0.25) is 5.95 Å². The van der Waals surface area contributed by atoms with E-state index in [2.05, 4.69) is 28.7 Å². The van der Waals surface area contributed by atoms with E-state index in [1.54, 1.807) is 6.07 Å². The fourth-order valence-corrected chi connectivity index (χ4v) is 2.97. The first-order valence-electron chi connectivity index (χ1n) is 7.44. The molecule has 0 bridgehead atoms. The van der Waals surface area contributed by atoms with Crippen LogP contribution in [0.1, 0.15) is 50.9 Å². The van der Waals surface area contributed by atoms with Crippen molar-refractivity contribution < 1.29 is 0 Å². The van der Waals surface area contributed by atoms with Gasteiger partial charge < -0.3 is 10.6 Å². The van der Waals surface area contributed by atoms with Gasteiger partial charge in [-0.1, -0.05) is 26.7 Å². The van der Waals surface area contributed by atoms with Gasteiger partial charge in [0.25, 0.3) is 0 Å². The number of nitrogens with zero attached hydrogens (tertiary/aromatic N) is 3. The molecule has 0 aliphatic carbocycles. The molecule has 2 rings (SSSR count). The molecule has 2 heterocycles. The molecule has 3 N–H and O–H groups in total. The third-order valence-electron chi connectivity index (χ3n) is 4.73. The van der Waals surface area contributed by atoms with Crippen molar-refractivity contribution >= 4 is 11.8 Å². The van der Waals surface area contributed by atoms with Gasteiger partial charge in [0.15, 0.2) is 0 Å². The Hall–Kier alpha value is -1.65. The fraction of sp³-hybridized carbons (Fsp3) is 0.667. The molecule has 0 saturated carbocycles. The Morgan fingerprint density at radius 3 is 2.40 bits per heavy atom. The molecule has 20 heavy (non-hydrogen) atoms. The molecule has 1 fully saturated rings. The van der Waals surface area contributed by atoms with E-state index in [0.717, 1.165) is 24.7 Å². The first-order chi connectivity index (χ1) is 9.49. The van der Waals surface area contributed by atoms with Crippen LogP contribution in [0.3, 0.4) is 0 Å². The lowest BCUT2D eigenvalue weighted by Crippen LogP contribution is -2.40. The molecule has 1 aromatic heterocycles. The Morgan fingerprint density at radius 2 is 1.90 bits per heavy atom. The molecule has 5 nitrogen and oxygen atoms in total. The minimum atomic E-state index is 0.00484. The first kappa shape index (κ1) is 14.8. The second-order valence-electron chi connectivity index (χ2n) is 5.80. The lowest BCUT2D eigenvalue weighted by atomic mass is 9.74. The summed E-state index contributed by atoms with van der Waals surface area (Å²) in [7, 11) is 0. The fourth-order valence-electron chi connectivity index (χ4n) is 2.97. The average molecular weight is 275 g/mol. The summed E-state index contributed by atoms with van der Waals surface area (Å²) in [5, 5.41) is 7.53. The SMILES string of the molecule is CCC1(CC)CCN(c2nc(C)cc(C(=N)N)n2)CC1. The normalized spacial score (nSPS) is 18.1. The highest BCUT2D eigenvalue weighted by Gasteiger charge is 2.32. The molecule has 110 valence electrons. The summed E-state index contributed by atoms with van der Waals surface area (Å²) in [6, 6.07) is 1.76. The van der Waals surface area contributed by atoms with Crippen molar-refractivity contribution in [3.63, 3.8) is 0 Å². The number of anilines is 1. The van der Waals surface area contributed by atoms with E-state index < -0.39 is 0 Å². The summed E-state index contributed by atoms with van der Waals surface area (Å²) < 4.78 is 0. The number of nitrogens with two attached hydrogens (primary N) is 1. The molecule has 1 aliphatic rings. The van der Waals surface area contributed by atoms with Crippen LogP contribution in [-0.4, -0.2) is 28.9 Å². The van der Waals surface area contributed by atoms with Crippen LogP contribution in [-0.2, 0) is 0 Å². The predicted octanol–water partition coefficient (Wildman–Crippen LogP) is 2.48. The number of aryl methyl sites for hydroxylation is 1. The van der Waals surface area contributed by atoms with E-state index in [1.165, 1.54) is 25.7 Å². The minimum Gasteiger partial charge on any atom is -0.382 e. The number of nitrogen functional groups attached to an aromatic ring is 1. The molecule has 1 saturated heterocycles. The van der Waals surface area contributed by atoms with Gasteiger partial charge in [0.1, 0.15) is 11.5 Å². The lowest BCUT2D eigenvalue weighted by molar-refractivity contribution is 0.198. The minimum absolute atomic E-state index is 0.00484. The van der Waals surface area contributed by atoms with Crippen molar-refractivity contribution in [2.75, 3.05) is 18.0 Å². The van der Waals surface area contributed by atoms with Crippen LogP contribution >= 0.6 is 0 Å². The molecule has 1 aliphatic heterocycles. The van der Waals surface area contributed by atoms with Gasteiger partial charge in [-0.3, -0.25) is 5.41 Å². The molecule has 0 amide bonds. The summed E-state index contributed by atoms with van der Waals surface area (Å²) in [5.74, 6) is 0.723. The monoisotopic (exact) mass is 275 g/mol. The molecule has 0 unspecified atom stereocenters. The lowest BCUT2D eigenvalue weighted by Gasteiger charge is -2.41. The van der Waals surface area contributed by atoms with Gasteiger partial charge in [-0.25, -0.2) is 9.97 Å². The van der Waals surface area contributed by atoms with E-state index in [4.69, 9.17) is 11.1 Å². The second-order valence-corrected chi connectivity index (χ2v) is 5.80. The number of hydrogen-bond donors (Lipinski definition) is 2. The van der Waals surface area contributed by atoms with Crippen molar-refractivity contribution in [1.82, 2.24) is 9.97 Å². The number of rotatable bonds is 4. The van der Waals surface area contributed by atoms with Crippen molar-refractivity contribution in [1.29, 1.82) is 5.41 Å². The molecule has 0 aromatic carbocycles. The highest BCUT2D eigenvalue weighted by Crippen LogP contribution is 2.38. The van der Waals surface area contributed by atoms with Crippen LogP contribution in [0.2, 0.25) is 0 Å². The van der Waals surface area contributed by atoms with Gasteiger partial charge in [0, 0.05) is 18.8 Å². The third-order valence-corrected chi connectivity index (χ3v) is 4.73. The van der Waals surface area contributed by atoms with Crippen LogP contribution < -0.4 is 10.6 Å². The summed E-state index contributed by atoms with van der Waals surface area (Å²) >= 11 is 0. The van der Waals surface area contributed by atoms with Crippen molar-refractivity contribution in [2.24, 2.45) is 11.1 Å². The Morgan fingerprint density at radius 1 is 1.30 bits per heavy atom. The number of aromatic nitrogens is 2. The van der Waals surface area contributed by atoms with E-state index >= 15 is 0 Å². The summed E-state index contributed by atoms with van der Waals surface area (Å²) in [6.45, 7) is 8.47. The predicted molar refractivity (Wildman–Crippen MR) is 82.2 cm³/mol. The van der Waals surface area contributed by atoms with Gasteiger partial charge >= 0.3 is 0 Å². The van der Waals surface area contributed by atoms with Gasteiger partial charge in [0.05, 0.1) is 0 Å². The van der Waals surface area contributed by atoms with Crippen molar-refractivity contribution in [2.45, 2.75) is 46.5 Å². The maximum atomic E-state index is 7.53. The summed E-state index contributed by atoms with van der Waals surface area (Å²) in [4.78, 5) is 11.1. The second kappa shape index (κ2) is 5.77. The maximum Gasteiger partial charge on any atom is 0.226 e. The molecule has 0 atom stereocenters. The smallest absolute Gasteiger partial charge is 0.226 e. The number of nitrogens with one attached hydrogen (secondary N) is 1. The molecule has 5 heteroatoms. The van der Waals surface area contributed by atoms with Crippen LogP contribution in [0, 0.1) is 17.7 Å². The van der Waals surface area contributed by atoms with Crippen LogP contribution in [0.15, 0.2) is 6.07 Å². The molecular formula is C15H25N5.